The highest BCUT2D eigenvalue weighted by Gasteiger charge is 2.22. The van der Waals surface area contributed by atoms with Crippen LogP contribution in [-0.4, -0.2) is 29.6 Å². The standard InChI is InChI=1S/C15H26N4/c1-4-5-16-7-14-8-18-15(9-17-14)19-10-12(2)6-13(3)11-19/h8-9,12-13,16H,4-7,10-11H2,1-3H3. The Morgan fingerprint density at radius 3 is 2.53 bits per heavy atom. The number of hydrogen-bond acceptors (Lipinski definition) is 4. The molecule has 1 aliphatic heterocycles. The van der Waals surface area contributed by atoms with Crippen LogP contribution in [-0.2, 0) is 6.54 Å². The van der Waals surface area contributed by atoms with Gasteiger partial charge in [0, 0.05) is 19.6 Å². The Bertz CT molecular complexity index is 366. The van der Waals surface area contributed by atoms with Gasteiger partial charge in [-0.1, -0.05) is 20.8 Å². The van der Waals surface area contributed by atoms with Crippen LogP contribution in [0.25, 0.3) is 0 Å². The Labute approximate surface area is 116 Å². The number of piperidine rings is 1. The number of nitrogens with zero attached hydrogens (tertiary/aromatic N) is 3. The summed E-state index contributed by atoms with van der Waals surface area (Å²) < 4.78 is 0. The summed E-state index contributed by atoms with van der Waals surface area (Å²) >= 11 is 0. The first-order valence-corrected chi connectivity index (χ1v) is 7.45. The van der Waals surface area contributed by atoms with Crippen molar-refractivity contribution in [3.8, 4) is 0 Å². The summed E-state index contributed by atoms with van der Waals surface area (Å²) in [4.78, 5) is 11.5. The van der Waals surface area contributed by atoms with Gasteiger partial charge in [0.15, 0.2) is 0 Å². The number of nitrogens with one attached hydrogen (secondary N) is 1. The number of anilines is 1. The lowest BCUT2D eigenvalue weighted by molar-refractivity contribution is 0.355. The number of hydrogen-bond donors (Lipinski definition) is 1. The quantitative estimate of drug-likeness (QED) is 0.828. The maximum atomic E-state index is 4.57. The van der Waals surface area contributed by atoms with Gasteiger partial charge in [0.2, 0.25) is 0 Å². The predicted octanol–water partition coefficient (Wildman–Crippen LogP) is 2.46. The van der Waals surface area contributed by atoms with Gasteiger partial charge in [-0.05, 0) is 31.2 Å². The Kier molecular flexibility index (Phi) is 5.14. The van der Waals surface area contributed by atoms with Gasteiger partial charge in [0.1, 0.15) is 5.82 Å². The average Bonchev–Trinajstić information content (AvgIpc) is 2.39. The van der Waals surface area contributed by atoms with Crippen LogP contribution in [0.2, 0.25) is 0 Å². The lowest BCUT2D eigenvalue weighted by Crippen LogP contribution is -2.39. The van der Waals surface area contributed by atoms with Gasteiger partial charge >= 0.3 is 0 Å². The van der Waals surface area contributed by atoms with Crippen LogP contribution in [0, 0.1) is 11.8 Å². The van der Waals surface area contributed by atoms with E-state index in [9.17, 15) is 0 Å². The second-order valence-corrected chi connectivity index (χ2v) is 5.89. The van der Waals surface area contributed by atoms with Crippen molar-refractivity contribution in [2.24, 2.45) is 11.8 Å². The molecule has 0 bridgehead atoms. The highest BCUT2D eigenvalue weighted by molar-refractivity contribution is 5.36. The normalized spacial score (nSPS) is 23.6. The molecule has 19 heavy (non-hydrogen) atoms. The molecule has 1 fully saturated rings. The molecule has 4 heteroatoms. The largest absolute Gasteiger partial charge is 0.355 e. The molecule has 0 saturated carbocycles. The molecular weight excluding hydrogens is 236 g/mol. The lowest BCUT2D eigenvalue weighted by atomic mass is 9.92. The van der Waals surface area contributed by atoms with E-state index < -0.39 is 0 Å². The van der Waals surface area contributed by atoms with Crippen LogP contribution in [0.3, 0.4) is 0 Å². The molecule has 2 atom stereocenters. The summed E-state index contributed by atoms with van der Waals surface area (Å²) in [7, 11) is 0. The summed E-state index contributed by atoms with van der Waals surface area (Å²) in [5.41, 5.74) is 1.02. The molecule has 0 radical (unpaired) electrons. The summed E-state index contributed by atoms with van der Waals surface area (Å²) in [6, 6.07) is 0. The van der Waals surface area contributed by atoms with Crippen LogP contribution in [0.1, 0.15) is 39.3 Å². The lowest BCUT2D eigenvalue weighted by Gasteiger charge is -2.35. The average molecular weight is 262 g/mol. The molecule has 2 rings (SSSR count). The molecule has 1 aromatic rings. The van der Waals surface area contributed by atoms with Crippen LogP contribution in [0.15, 0.2) is 12.4 Å². The molecule has 1 aliphatic rings. The maximum Gasteiger partial charge on any atom is 0.147 e. The van der Waals surface area contributed by atoms with Crippen molar-refractivity contribution in [1.29, 1.82) is 0 Å². The fourth-order valence-corrected chi connectivity index (χ4v) is 2.85. The van der Waals surface area contributed by atoms with Gasteiger partial charge in [-0.2, -0.15) is 0 Å². The van der Waals surface area contributed by atoms with Crippen molar-refractivity contribution >= 4 is 5.82 Å². The Balaban J connectivity index is 1.93. The van der Waals surface area contributed by atoms with E-state index in [-0.39, 0.29) is 0 Å². The molecule has 0 aliphatic carbocycles. The van der Waals surface area contributed by atoms with Crippen molar-refractivity contribution in [1.82, 2.24) is 15.3 Å². The molecular formula is C15H26N4. The Morgan fingerprint density at radius 1 is 1.21 bits per heavy atom. The van der Waals surface area contributed by atoms with Crippen molar-refractivity contribution < 1.29 is 0 Å². The first kappa shape index (κ1) is 14.3. The monoisotopic (exact) mass is 262 g/mol. The fourth-order valence-electron chi connectivity index (χ4n) is 2.85. The molecule has 0 spiro atoms. The van der Waals surface area contributed by atoms with E-state index in [4.69, 9.17) is 0 Å². The van der Waals surface area contributed by atoms with Gasteiger partial charge in [-0.3, -0.25) is 4.98 Å². The molecule has 1 N–H and O–H groups in total. The minimum Gasteiger partial charge on any atom is -0.355 e. The smallest absolute Gasteiger partial charge is 0.147 e. The van der Waals surface area contributed by atoms with Gasteiger partial charge in [-0.25, -0.2) is 4.98 Å². The summed E-state index contributed by atoms with van der Waals surface area (Å²) in [6.07, 6.45) is 6.30. The first-order chi connectivity index (χ1) is 9.19. The summed E-state index contributed by atoms with van der Waals surface area (Å²) in [5.74, 6) is 2.52. The van der Waals surface area contributed by atoms with Crippen molar-refractivity contribution in [2.75, 3.05) is 24.5 Å². The first-order valence-electron chi connectivity index (χ1n) is 7.45. The van der Waals surface area contributed by atoms with Crippen molar-refractivity contribution in [2.45, 2.75) is 40.2 Å². The molecule has 0 amide bonds. The second kappa shape index (κ2) is 6.85. The number of rotatable bonds is 5. The molecule has 2 heterocycles. The predicted molar refractivity (Wildman–Crippen MR) is 79.2 cm³/mol. The third-order valence-electron chi connectivity index (χ3n) is 3.62. The van der Waals surface area contributed by atoms with Gasteiger partial charge in [0.25, 0.3) is 0 Å². The van der Waals surface area contributed by atoms with Gasteiger partial charge < -0.3 is 10.2 Å². The molecule has 0 aromatic carbocycles. The van der Waals surface area contributed by atoms with E-state index in [2.05, 4.69) is 41.0 Å². The minimum absolute atomic E-state index is 0.747. The van der Waals surface area contributed by atoms with Gasteiger partial charge in [-0.15, -0.1) is 0 Å². The molecule has 1 saturated heterocycles. The third kappa shape index (κ3) is 4.16. The van der Waals surface area contributed by atoms with E-state index in [0.717, 1.165) is 55.9 Å². The summed E-state index contributed by atoms with van der Waals surface area (Å²) in [5, 5.41) is 3.35. The third-order valence-corrected chi connectivity index (χ3v) is 3.62. The maximum absolute atomic E-state index is 4.57. The van der Waals surface area contributed by atoms with Crippen LogP contribution in [0.5, 0.6) is 0 Å². The highest BCUT2D eigenvalue weighted by Crippen LogP contribution is 2.24. The molecule has 106 valence electrons. The minimum atomic E-state index is 0.747. The van der Waals surface area contributed by atoms with Crippen LogP contribution < -0.4 is 10.2 Å². The van der Waals surface area contributed by atoms with E-state index >= 15 is 0 Å². The van der Waals surface area contributed by atoms with E-state index in [1.807, 2.05) is 12.4 Å². The molecule has 1 aromatic heterocycles. The van der Waals surface area contributed by atoms with E-state index in [1.54, 1.807) is 0 Å². The zero-order valence-electron chi connectivity index (χ0n) is 12.4. The molecule has 2 unspecified atom stereocenters. The highest BCUT2D eigenvalue weighted by atomic mass is 15.2. The van der Waals surface area contributed by atoms with E-state index in [1.165, 1.54) is 6.42 Å². The van der Waals surface area contributed by atoms with Crippen LogP contribution >= 0.6 is 0 Å². The number of aromatic nitrogens is 2. The topological polar surface area (TPSA) is 41.1 Å². The van der Waals surface area contributed by atoms with Crippen molar-refractivity contribution in [3.05, 3.63) is 18.1 Å². The summed E-state index contributed by atoms with van der Waals surface area (Å²) in [6.45, 7) is 10.9. The zero-order chi connectivity index (χ0) is 13.7. The fraction of sp³-hybridized carbons (Fsp3) is 0.733. The molecule has 4 nitrogen and oxygen atoms in total. The van der Waals surface area contributed by atoms with Crippen LogP contribution in [0.4, 0.5) is 5.82 Å². The zero-order valence-corrected chi connectivity index (χ0v) is 12.4. The SMILES string of the molecule is CCCNCc1cnc(N2CC(C)CC(C)C2)cn1. The van der Waals surface area contributed by atoms with Gasteiger partial charge in [0.05, 0.1) is 18.1 Å². The van der Waals surface area contributed by atoms with Crippen molar-refractivity contribution in [3.63, 3.8) is 0 Å². The van der Waals surface area contributed by atoms with E-state index in [0.29, 0.717) is 0 Å². The Morgan fingerprint density at radius 2 is 1.95 bits per heavy atom. The Hall–Kier alpha value is -1.16. The second-order valence-electron chi connectivity index (χ2n) is 5.89.